The zero-order valence-corrected chi connectivity index (χ0v) is 5.23. The minimum atomic E-state index is -1.07. The third kappa shape index (κ3) is 0.985. The van der Waals surface area contributed by atoms with Crippen LogP contribution in [0.2, 0.25) is 0 Å². The molecule has 0 aromatic carbocycles. The molecular formula is C5H9NO4. The Morgan fingerprint density at radius 3 is 2.50 bits per heavy atom. The number of cyclic esters (lactones) is 1. The summed E-state index contributed by atoms with van der Waals surface area (Å²) in [7, 11) is 0. The molecule has 0 saturated carbocycles. The molecule has 0 aliphatic carbocycles. The lowest BCUT2D eigenvalue weighted by Crippen LogP contribution is -2.39. The molecule has 0 unspecified atom stereocenters. The van der Waals surface area contributed by atoms with Gasteiger partial charge in [-0.1, -0.05) is 0 Å². The van der Waals surface area contributed by atoms with E-state index in [4.69, 9.17) is 15.9 Å². The molecule has 1 saturated heterocycles. The number of esters is 1. The Hall–Kier alpha value is -0.650. The predicted octanol–water partition coefficient (Wildman–Crippen LogP) is -2.41. The van der Waals surface area contributed by atoms with Gasteiger partial charge in [0.2, 0.25) is 0 Å². The number of carbonyl (C=O) groups is 1. The lowest BCUT2D eigenvalue weighted by atomic mass is 10.1. The van der Waals surface area contributed by atoms with Gasteiger partial charge in [0.15, 0.2) is 6.10 Å². The Morgan fingerprint density at radius 1 is 1.70 bits per heavy atom. The molecule has 5 nitrogen and oxygen atoms in total. The number of ether oxygens (including phenoxy) is 1. The standard InChI is InChI=1S/C5H9NO4/c6-3-4(8)2(1-7)10-5(3)9/h2-4,7-8H,1,6H2/t2-,3-,4-/m1/s1. The van der Waals surface area contributed by atoms with Crippen LogP contribution in [0, 0.1) is 0 Å². The van der Waals surface area contributed by atoms with Crippen LogP contribution in [0.3, 0.4) is 0 Å². The summed E-state index contributed by atoms with van der Waals surface area (Å²) in [5.74, 6) is -0.661. The van der Waals surface area contributed by atoms with Gasteiger partial charge < -0.3 is 20.7 Å². The van der Waals surface area contributed by atoms with E-state index >= 15 is 0 Å². The third-order valence-corrected chi connectivity index (χ3v) is 1.47. The van der Waals surface area contributed by atoms with Crippen molar-refractivity contribution in [1.82, 2.24) is 0 Å². The molecule has 1 aliphatic heterocycles. The van der Waals surface area contributed by atoms with Crippen LogP contribution in [0.4, 0.5) is 0 Å². The first-order valence-corrected chi connectivity index (χ1v) is 2.92. The molecule has 3 atom stereocenters. The SMILES string of the molecule is N[C@H]1C(=O)O[C@H](CO)[C@H]1O. The van der Waals surface area contributed by atoms with Crippen molar-refractivity contribution >= 4 is 5.97 Å². The van der Waals surface area contributed by atoms with Crippen LogP contribution in [0.5, 0.6) is 0 Å². The van der Waals surface area contributed by atoms with Crippen molar-refractivity contribution in [3.05, 3.63) is 0 Å². The third-order valence-electron chi connectivity index (χ3n) is 1.47. The maximum atomic E-state index is 10.5. The molecule has 0 spiro atoms. The molecule has 4 N–H and O–H groups in total. The van der Waals surface area contributed by atoms with Gasteiger partial charge in [-0.15, -0.1) is 0 Å². The van der Waals surface area contributed by atoms with Crippen LogP contribution >= 0.6 is 0 Å². The van der Waals surface area contributed by atoms with Gasteiger partial charge in [-0.2, -0.15) is 0 Å². The number of aliphatic hydroxyl groups is 2. The molecule has 0 radical (unpaired) electrons. The van der Waals surface area contributed by atoms with E-state index in [0.29, 0.717) is 0 Å². The molecule has 0 bridgehead atoms. The van der Waals surface area contributed by atoms with E-state index in [2.05, 4.69) is 4.74 Å². The summed E-state index contributed by atoms with van der Waals surface area (Å²) in [4.78, 5) is 10.5. The summed E-state index contributed by atoms with van der Waals surface area (Å²) in [5.41, 5.74) is 5.15. The topological polar surface area (TPSA) is 92.8 Å². The van der Waals surface area contributed by atoms with Gasteiger partial charge in [0.05, 0.1) is 6.61 Å². The first-order chi connectivity index (χ1) is 4.66. The Morgan fingerprint density at radius 2 is 2.30 bits per heavy atom. The summed E-state index contributed by atoms with van der Waals surface area (Å²) in [6, 6.07) is -1.00. The van der Waals surface area contributed by atoms with Crippen LogP contribution in [-0.2, 0) is 9.53 Å². The smallest absolute Gasteiger partial charge is 0.326 e. The number of hydrogen-bond donors (Lipinski definition) is 3. The first-order valence-electron chi connectivity index (χ1n) is 2.92. The van der Waals surface area contributed by atoms with Crippen molar-refractivity contribution in [2.75, 3.05) is 6.61 Å². The fraction of sp³-hybridized carbons (Fsp3) is 0.800. The summed E-state index contributed by atoms with van der Waals surface area (Å²) in [5, 5.41) is 17.5. The van der Waals surface area contributed by atoms with E-state index in [1.54, 1.807) is 0 Å². The monoisotopic (exact) mass is 147 g/mol. The van der Waals surface area contributed by atoms with Crippen LogP contribution < -0.4 is 5.73 Å². The van der Waals surface area contributed by atoms with Crippen molar-refractivity contribution < 1.29 is 19.7 Å². The second-order valence-electron chi connectivity index (χ2n) is 2.17. The Bertz CT molecular complexity index is 149. The van der Waals surface area contributed by atoms with Gasteiger partial charge in [-0.25, -0.2) is 0 Å². The highest BCUT2D eigenvalue weighted by Gasteiger charge is 2.40. The largest absolute Gasteiger partial charge is 0.456 e. The van der Waals surface area contributed by atoms with Gasteiger partial charge in [0.25, 0.3) is 0 Å². The average Bonchev–Trinajstić information content (AvgIpc) is 2.17. The Balaban J connectivity index is 2.61. The van der Waals surface area contributed by atoms with Crippen molar-refractivity contribution in [3.8, 4) is 0 Å². The van der Waals surface area contributed by atoms with Gasteiger partial charge in [-0.3, -0.25) is 4.79 Å². The van der Waals surface area contributed by atoms with Gasteiger partial charge in [0, 0.05) is 0 Å². The molecule has 1 fully saturated rings. The van der Waals surface area contributed by atoms with E-state index in [1.807, 2.05) is 0 Å². The molecule has 0 aromatic rings. The van der Waals surface area contributed by atoms with Crippen molar-refractivity contribution in [3.63, 3.8) is 0 Å². The predicted molar refractivity (Wildman–Crippen MR) is 30.9 cm³/mol. The minimum absolute atomic E-state index is 0.388. The number of rotatable bonds is 1. The fourth-order valence-corrected chi connectivity index (χ4v) is 0.813. The van der Waals surface area contributed by atoms with Gasteiger partial charge in [0.1, 0.15) is 12.1 Å². The summed E-state index contributed by atoms with van der Waals surface area (Å²) >= 11 is 0. The van der Waals surface area contributed by atoms with E-state index in [9.17, 15) is 4.79 Å². The quantitative estimate of drug-likeness (QED) is 0.359. The highest BCUT2D eigenvalue weighted by molar-refractivity contribution is 5.78. The second kappa shape index (κ2) is 2.53. The lowest BCUT2D eigenvalue weighted by Gasteiger charge is -2.08. The molecule has 5 heteroatoms. The first kappa shape index (κ1) is 7.46. The van der Waals surface area contributed by atoms with Crippen LogP contribution in [0.25, 0.3) is 0 Å². The van der Waals surface area contributed by atoms with Gasteiger partial charge in [-0.05, 0) is 0 Å². The maximum Gasteiger partial charge on any atom is 0.326 e. The molecule has 1 rings (SSSR count). The Labute approximate surface area is 57.4 Å². The highest BCUT2D eigenvalue weighted by Crippen LogP contribution is 2.12. The van der Waals surface area contributed by atoms with Crippen molar-refractivity contribution in [2.24, 2.45) is 5.73 Å². The Kier molecular flexibility index (Phi) is 1.89. The van der Waals surface area contributed by atoms with Gasteiger partial charge >= 0.3 is 5.97 Å². The maximum absolute atomic E-state index is 10.5. The molecule has 1 aliphatic rings. The zero-order chi connectivity index (χ0) is 7.72. The second-order valence-corrected chi connectivity index (χ2v) is 2.17. The fourth-order valence-electron chi connectivity index (χ4n) is 0.813. The zero-order valence-electron chi connectivity index (χ0n) is 5.23. The summed E-state index contributed by atoms with van der Waals surface area (Å²) in [6.45, 7) is -0.388. The minimum Gasteiger partial charge on any atom is -0.456 e. The van der Waals surface area contributed by atoms with E-state index in [1.165, 1.54) is 0 Å². The average molecular weight is 147 g/mol. The van der Waals surface area contributed by atoms with Crippen LogP contribution in [0.15, 0.2) is 0 Å². The summed E-state index contributed by atoms with van der Waals surface area (Å²) in [6.07, 6.45) is -1.92. The number of carbonyl (C=O) groups excluding carboxylic acids is 1. The number of hydrogen-bond acceptors (Lipinski definition) is 5. The molecule has 0 amide bonds. The normalized spacial score (nSPS) is 39.9. The molecule has 10 heavy (non-hydrogen) atoms. The molecule has 1 heterocycles. The molecular weight excluding hydrogens is 138 g/mol. The van der Waals surface area contributed by atoms with Crippen LogP contribution in [-0.4, -0.2) is 41.0 Å². The summed E-state index contributed by atoms with van der Waals surface area (Å²) < 4.78 is 4.47. The number of aliphatic hydroxyl groups excluding tert-OH is 2. The molecule has 58 valence electrons. The van der Waals surface area contributed by atoms with E-state index in [0.717, 1.165) is 0 Å². The van der Waals surface area contributed by atoms with Crippen molar-refractivity contribution in [2.45, 2.75) is 18.2 Å². The lowest BCUT2D eigenvalue weighted by molar-refractivity contribution is -0.143. The van der Waals surface area contributed by atoms with Crippen molar-refractivity contribution in [1.29, 1.82) is 0 Å². The van der Waals surface area contributed by atoms with E-state index < -0.39 is 24.2 Å². The molecule has 0 aromatic heterocycles. The van der Waals surface area contributed by atoms with E-state index in [-0.39, 0.29) is 6.61 Å². The number of nitrogens with two attached hydrogens (primary N) is 1. The van der Waals surface area contributed by atoms with Crippen LogP contribution in [0.1, 0.15) is 0 Å². The highest BCUT2D eigenvalue weighted by atomic mass is 16.6.